The van der Waals surface area contributed by atoms with E-state index in [0.29, 0.717) is 24.7 Å². The van der Waals surface area contributed by atoms with Crippen LogP contribution >= 0.6 is 11.6 Å². The van der Waals surface area contributed by atoms with Crippen LogP contribution in [0.15, 0.2) is 29.7 Å². The maximum atomic E-state index is 12.2. The lowest BCUT2D eigenvalue weighted by Gasteiger charge is -2.29. The molecule has 0 radical (unpaired) electrons. The summed E-state index contributed by atoms with van der Waals surface area (Å²) in [6.07, 6.45) is 1.60. The molecule has 1 aliphatic rings. The third-order valence-electron chi connectivity index (χ3n) is 2.99. The molecule has 0 spiro atoms. The zero-order valence-electron chi connectivity index (χ0n) is 10.7. The van der Waals surface area contributed by atoms with Gasteiger partial charge in [0.25, 0.3) is 0 Å². The summed E-state index contributed by atoms with van der Waals surface area (Å²) in [5.41, 5.74) is 0.816. The number of nitrogens with one attached hydrogen (secondary N) is 1. The zero-order chi connectivity index (χ0) is 13.9. The highest BCUT2D eigenvalue weighted by Gasteiger charge is 2.24. The van der Waals surface area contributed by atoms with Crippen molar-refractivity contribution < 1.29 is 8.42 Å². The molecule has 2 rings (SSSR count). The fraction of sp³-hybridized carbons (Fsp3) is 0.385. The minimum Gasteiger partial charge on any atom is -0.312 e. The van der Waals surface area contributed by atoms with E-state index >= 15 is 0 Å². The van der Waals surface area contributed by atoms with E-state index in [1.807, 2.05) is 6.92 Å². The van der Waals surface area contributed by atoms with Gasteiger partial charge < -0.3 is 5.32 Å². The van der Waals surface area contributed by atoms with Crippen molar-refractivity contribution in [3.8, 4) is 0 Å². The molecule has 0 bridgehead atoms. The molecule has 0 amide bonds. The number of hydrogen-bond donors (Lipinski definition) is 1. The van der Waals surface area contributed by atoms with E-state index in [1.54, 1.807) is 30.3 Å². The Morgan fingerprint density at radius 2 is 2.05 bits per heavy atom. The smallest absolute Gasteiger partial charge is 0.236 e. The van der Waals surface area contributed by atoms with Crippen LogP contribution in [-0.4, -0.2) is 38.4 Å². The van der Waals surface area contributed by atoms with E-state index in [2.05, 4.69) is 5.32 Å². The SMILES string of the molecule is CC1CN(S(=O)(=O)C=Cc2ccc(Cl)cc2)CCN1. The summed E-state index contributed by atoms with van der Waals surface area (Å²) >= 11 is 5.78. The van der Waals surface area contributed by atoms with Crippen molar-refractivity contribution in [3.05, 3.63) is 40.3 Å². The molecule has 1 N–H and O–H groups in total. The normalized spacial score (nSPS) is 21.9. The fourth-order valence-corrected chi connectivity index (χ4v) is 3.36. The van der Waals surface area contributed by atoms with Gasteiger partial charge in [-0.2, -0.15) is 4.31 Å². The van der Waals surface area contributed by atoms with Gasteiger partial charge in [0, 0.05) is 36.1 Å². The van der Waals surface area contributed by atoms with Crippen LogP contribution < -0.4 is 5.32 Å². The zero-order valence-corrected chi connectivity index (χ0v) is 12.3. The first-order valence-electron chi connectivity index (χ1n) is 6.14. The molecule has 1 heterocycles. The van der Waals surface area contributed by atoms with Gasteiger partial charge in [-0.05, 0) is 30.7 Å². The molecule has 1 unspecified atom stereocenters. The lowest BCUT2D eigenvalue weighted by atomic mass is 10.2. The third-order valence-corrected chi connectivity index (χ3v) is 4.78. The number of sulfonamides is 1. The molecule has 1 fully saturated rings. The molecule has 0 saturated carbocycles. The van der Waals surface area contributed by atoms with Crippen molar-refractivity contribution in [3.63, 3.8) is 0 Å². The molecule has 4 nitrogen and oxygen atoms in total. The molecule has 1 aliphatic heterocycles. The molecule has 0 aromatic heterocycles. The van der Waals surface area contributed by atoms with E-state index in [0.717, 1.165) is 5.56 Å². The maximum absolute atomic E-state index is 12.2. The monoisotopic (exact) mass is 300 g/mol. The predicted octanol–water partition coefficient (Wildman–Crippen LogP) is 1.93. The van der Waals surface area contributed by atoms with E-state index in [9.17, 15) is 8.42 Å². The Morgan fingerprint density at radius 1 is 1.37 bits per heavy atom. The largest absolute Gasteiger partial charge is 0.312 e. The van der Waals surface area contributed by atoms with Gasteiger partial charge in [0.05, 0.1) is 0 Å². The molecule has 1 aromatic carbocycles. The van der Waals surface area contributed by atoms with Crippen LogP contribution in [0.5, 0.6) is 0 Å². The number of rotatable bonds is 3. The highest BCUT2D eigenvalue weighted by molar-refractivity contribution is 7.92. The molecular weight excluding hydrogens is 284 g/mol. The van der Waals surface area contributed by atoms with Crippen LogP contribution in [0, 0.1) is 0 Å². The molecule has 6 heteroatoms. The second-order valence-corrected chi connectivity index (χ2v) is 6.87. The summed E-state index contributed by atoms with van der Waals surface area (Å²) in [5.74, 6) is 0. The summed E-state index contributed by atoms with van der Waals surface area (Å²) in [6.45, 7) is 3.69. The Morgan fingerprint density at radius 3 is 2.68 bits per heavy atom. The van der Waals surface area contributed by atoms with Crippen LogP contribution in [-0.2, 0) is 10.0 Å². The average Bonchev–Trinajstić information content (AvgIpc) is 2.38. The molecule has 1 aromatic rings. The summed E-state index contributed by atoms with van der Waals surface area (Å²) in [7, 11) is -3.34. The van der Waals surface area contributed by atoms with Crippen LogP contribution in [0.3, 0.4) is 0 Å². The number of piperazine rings is 1. The Kier molecular flexibility index (Phi) is 4.62. The third kappa shape index (κ3) is 4.04. The van der Waals surface area contributed by atoms with Crippen molar-refractivity contribution in [2.24, 2.45) is 0 Å². The van der Waals surface area contributed by atoms with Gasteiger partial charge in [-0.1, -0.05) is 23.7 Å². The standard InChI is InChI=1S/C13H17ClN2O2S/c1-11-10-16(8-7-15-11)19(17,18)9-6-12-2-4-13(14)5-3-12/h2-6,9,11,15H,7-8,10H2,1H3. The van der Waals surface area contributed by atoms with E-state index in [4.69, 9.17) is 11.6 Å². The van der Waals surface area contributed by atoms with E-state index in [-0.39, 0.29) is 6.04 Å². The predicted molar refractivity (Wildman–Crippen MR) is 78.4 cm³/mol. The molecular formula is C13H17ClN2O2S. The van der Waals surface area contributed by atoms with E-state index in [1.165, 1.54) is 9.71 Å². The first kappa shape index (κ1) is 14.5. The molecule has 1 atom stereocenters. The highest BCUT2D eigenvalue weighted by Crippen LogP contribution is 2.13. The Balaban J connectivity index is 2.10. The second-order valence-electron chi connectivity index (χ2n) is 4.61. The van der Waals surface area contributed by atoms with Crippen molar-refractivity contribution in [2.45, 2.75) is 13.0 Å². The van der Waals surface area contributed by atoms with Gasteiger partial charge >= 0.3 is 0 Å². The second kappa shape index (κ2) is 6.05. The Labute approximate surface area is 119 Å². The summed E-state index contributed by atoms with van der Waals surface area (Å²) < 4.78 is 25.8. The van der Waals surface area contributed by atoms with Gasteiger partial charge in [0.2, 0.25) is 10.0 Å². The van der Waals surface area contributed by atoms with Crippen molar-refractivity contribution >= 4 is 27.7 Å². The lowest BCUT2D eigenvalue weighted by molar-refractivity contribution is 0.313. The summed E-state index contributed by atoms with van der Waals surface area (Å²) in [6, 6.07) is 7.23. The van der Waals surface area contributed by atoms with Crippen LogP contribution in [0.2, 0.25) is 5.02 Å². The van der Waals surface area contributed by atoms with Crippen molar-refractivity contribution in [1.29, 1.82) is 0 Å². The van der Waals surface area contributed by atoms with Crippen LogP contribution in [0.25, 0.3) is 6.08 Å². The number of nitrogens with zero attached hydrogens (tertiary/aromatic N) is 1. The molecule has 104 valence electrons. The quantitative estimate of drug-likeness (QED) is 0.928. The van der Waals surface area contributed by atoms with Gasteiger partial charge in [-0.15, -0.1) is 0 Å². The van der Waals surface area contributed by atoms with Crippen molar-refractivity contribution in [1.82, 2.24) is 9.62 Å². The van der Waals surface area contributed by atoms with Gasteiger partial charge in [0.1, 0.15) is 0 Å². The average molecular weight is 301 g/mol. The summed E-state index contributed by atoms with van der Waals surface area (Å²) in [5, 5.41) is 5.11. The van der Waals surface area contributed by atoms with Gasteiger partial charge in [0.15, 0.2) is 0 Å². The van der Waals surface area contributed by atoms with E-state index < -0.39 is 10.0 Å². The maximum Gasteiger partial charge on any atom is 0.236 e. The first-order chi connectivity index (χ1) is 8.97. The molecule has 0 aliphatic carbocycles. The first-order valence-corrected chi connectivity index (χ1v) is 8.03. The van der Waals surface area contributed by atoms with Crippen LogP contribution in [0.4, 0.5) is 0 Å². The minimum absolute atomic E-state index is 0.187. The van der Waals surface area contributed by atoms with Gasteiger partial charge in [-0.25, -0.2) is 8.42 Å². The molecule has 19 heavy (non-hydrogen) atoms. The number of hydrogen-bond acceptors (Lipinski definition) is 3. The number of halogens is 1. The fourth-order valence-electron chi connectivity index (χ4n) is 1.95. The Bertz CT molecular complexity index is 555. The highest BCUT2D eigenvalue weighted by atomic mass is 35.5. The van der Waals surface area contributed by atoms with Gasteiger partial charge in [-0.3, -0.25) is 0 Å². The molecule has 1 saturated heterocycles. The minimum atomic E-state index is -3.34. The van der Waals surface area contributed by atoms with Crippen molar-refractivity contribution in [2.75, 3.05) is 19.6 Å². The van der Waals surface area contributed by atoms with Crippen LogP contribution in [0.1, 0.15) is 12.5 Å². The summed E-state index contributed by atoms with van der Waals surface area (Å²) in [4.78, 5) is 0. The number of benzene rings is 1. The topological polar surface area (TPSA) is 49.4 Å². The Hall–Kier alpha value is -0.880. The lowest BCUT2D eigenvalue weighted by Crippen LogP contribution is -2.50.